The van der Waals surface area contributed by atoms with E-state index in [-0.39, 0.29) is 0 Å². The molecule has 0 spiro atoms. The van der Waals surface area contributed by atoms with Crippen LogP contribution in [-0.2, 0) is 6.42 Å². The zero-order valence-electron chi connectivity index (χ0n) is 11.8. The molecule has 0 fully saturated rings. The average molecular weight is 360 g/mol. The van der Waals surface area contributed by atoms with Gasteiger partial charge in [0.25, 0.3) is 0 Å². The van der Waals surface area contributed by atoms with Crippen molar-refractivity contribution < 1.29 is 0 Å². The van der Waals surface area contributed by atoms with Crippen LogP contribution in [0.4, 0.5) is 0 Å². The molecule has 1 N–H and O–H groups in total. The van der Waals surface area contributed by atoms with E-state index in [1.165, 1.54) is 51.1 Å². The molecule has 2 aromatic rings. The van der Waals surface area contributed by atoms with Gasteiger partial charge in [-0.3, -0.25) is 0 Å². The zero-order chi connectivity index (χ0) is 14.2. The maximum atomic E-state index is 3.92. The topological polar surface area (TPSA) is 12.0 Å². The Morgan fingerprint density at radius 3 is 2.81 bits per heavy atom. The Labute approximate surface area is 138 Å². The highest BCUT2D eigenvalue weighted by Gasteiger charge is 2.27. The number of rotatable bonds is 2. The molecule has 21 heavy (non-hydrogen) atoms. The molecule has 4 rings (SSSR count). The fraction of sp³-hybridized carbons (Fsp3) is 0.333. The summed E-state index contributed by atoms with van der Waals surface area (Å²) in [5.41, 5.74) is 4.48. The zero-order valence-corrected chi connectivity index (χ0v) is 14.2. The van der Waals surface area contributed by atoms with Crippen molar-refractivity contribution in [2.45, 2.75) is 36.2 Å². The maximum Gasteiger partial charge on any atom is 0.0344 e. The fourth-order valence-electron chi connectivity index (χ4n) is 3.52. The van der Waals surface area contributed by atoms with Crippen molar-refractivity contribution in [2.24, 2.45) is 0 Å². The summed E-state index contributed by atoms with van der Waals surface area (Å²) < 4.78 is 1.20. The molecule has 1 heterocycles. The van der Waals surface area contributed by atoms with Crippen LogP contribution < -0.4 is 5.32 Å². The minimum atomic E-state index is 0.502. The second kappa shape index (κ2) is 5.79. The van der Waals surface area contributed by atoms with Gasteiger partial charge in [-0.1, -0.05) is 40.2 Å². The number of hydrogen-bond acceptors (Lipinski definition) is 2. The third-order valence-electron chi connectivity index (χ3n) is 4.54. The molecule has 2 atom stereocenters. The highest BCUT2D eigenvalue weighted by molar-refractivity contribution is 9.10. The summed E-state index contributed by atoms with van der Waals surface area (Å²) in [6.07, 6.45) is 3.64. The molecule has 1 aliphatic heterocycles. The number of hydrogen-bond donors (Lipinski definition) is 1. The van der Waals surface area contributed by atoms with Crippen LogP contribution in [0.2, 0.25) is 0 Å². The quantitative estimate of drug-likeness (QED) is 0.784. The molecular formula is C18H18BrNS. The Balaban J connectivity index is 1.59. The van der Waals surface area contributed by atoms with Crippen molar-refractivity contribution in [1.82, 2.24) is 5.32 Å². The molecule has 2 unspecified atom stereocenters. The van der Waals surface area contributed by atoms with E-state index in [0.717, 1.165) is 0 Å². The summed E-state index contributed by atoms with van der Waals surface area (Å²) in [6.45, 7) is 0. The summed E-state index contributed by atoms with van der Waals surface area (Å²) in [4.78, 5) is 1.45. The normalized spacial score (nSPS) is 23.7. The lowest BCUT2D eigenvalue weighted by atomic mass is 10.0. The van der Waals surface area contributed by atoms with Gasteiger partial charge in [0.2, 0.25) is 0 Å². The Bertz CT molecular complexity index is 670. The van der Waals surface area contributed by atoms with Crippen molar-refractivity contribution >= 4 is 27.7 Å². The first-order chi connectivity index (χ1) is 10.3. The SMILES string of the molecule is Brc1ccc2c(c1)CCC2NC1CCSc2ccccc21. The van der Waals surface area contributed by atoms with Crippen LogP contribution in [0.15, 0.2) is 51.8 Å². The van der Waals surface area contributed by atoms with Gasteiger partial charge < -0.3 is 5.32 Å². The van der Waals surface area contributed by atoms with Crippen LogP contribution in [-0.4, -0.2) is 5.75 Å². The van der Waals surface area contributed by atoms with Gasteiger partial charge >= 0.3 is 0 Å². The maximum absolute atomic E-state index is 3.92. The first-order valence-corrected chi connectivity index (χ1v) is 9.35. The van der Waals surface area contributed by atoms with E-state index in [2.05, 4.69) is 63.7 Å². The fourth-order valence-corrected chi connectivity index (χ4v) is 5.05. The monoisotopic (exact) mass is 359 g/mol. The van der Waals surface area contributed by atoms with Crippen molar-refractivity contribution in [1.29, 1.82) is 0 Å². The first kappa shape index (κ1) is 13.9. The Hall–Kier alpha value is -0.770. The second-order valence-electron chi connectivity index (χ2n) is 5.83. The Kier molecular flexibility index (Phi) is 3.82. The summed E-state index contributed by atoms with van der Waals surface area (Å²) in [7, 11) is 0. The van der Waals surface area contributed by atoms with Crippen LogP contribution in [0, 0.1) is 0 Å². The lowest BCUT2D eigenvalue weighted by Gasteiger charge is -2.29. The van der Waals surface area contributed by atoms with Gasteiger partial charge in [-0.2, -0.15) is 0 Å². The van der Waals surface area contributed by atoms with Crippen LogP contribution in [0.3, 0.4) is 0 Å². The second-order valence-corrected chi connectivity index (χ2v) is 7.88. The largest absolute Gasteiger partial charge is 0.303 e. The summed E-state index contributed by atoms with van der Waals surface area (Å²) in [6, 6.07) is 16.6. The van der Waals surface area contributed by atoms with Crippen LogP contribution >= 0.6 is 27.7 Å². The smallest absolute Gasteiger partial charge is 0.0344 e. The molecule has 0 saturated carbocycles. The number of thioether (sulfide) groups is 1. The van der Waals surface area contributed by atoms with E-state index in [0.29, 0.717) is 12.1 Å². The van der Waals surface area contributed by atoms with E-state index < -0.39 is 0 Å². The molecule has 1 nitrogen and oxygen atoms in total. The number of halogens is 1. The van der Waals surface area contributed by atoms with Gasteiger partial charge in [0.05, 0.1) is 0 Å². The van der Waals surface area contributed by atoms with Gasteiger partial charge in [0.1, 0.15) is 0 Å². The minimum absolute atomic E-state index is 0.502. The first-order valence-electron chi connectivity index (χ1n) is 7.57. The third kappa shape index (κ3) is 2.67. The van der Waals surface area contributed by atoms with Gasteiger partial charge in [-0.15, -0.1) is 11.8 Å². The molecule has 1 aliphatic carbocycles. The minimum Gasteiger partial charge on any atom is -0.303 e. The van der Waals surface area contributed by atoms with Gasteiger partial charge in [0.15, 0.2) is 0 Å². The molecule has 0 amide bonds. The van der Waals surface area contributed by atoms with E-state index in [4.69, 9.17) is 0 Å². The summed E-state index contributed by atoms with van der Waals surface area (Å²) in [5, 5.41) is 3.92. The third-order valence-corrected chi connectivity index (χ3v) is 6.16. The lowest BCUT2D eigenvalue weighted by molar-refractivity contribution is 0.428. The van der Waals surface area contributed by atoms with Crippen molar-refractivity contribution in [3.8, 4) is 0 Å². The van der Waals surface area contributed by atoms with Crippen LogP contribution in [0.5, 0.6) is 0 Å². The molecule has 0 bridgehead atoms. The molecule has 3 heteroatoms. The predicted molar refractivity (Wildman–Crippen MR) is 92.9 cm³/mol. The number of benzene rings is 2. The highest BCUT2D eigenvalue weighted by atomic mass is 79.9. The number of aryl methyl sites for hydroxylation is 1. The van der Waals surface area contributed by atoms with E-state index in [1.807, 2.05) is 11.8 Å². The van der Waals surface area contributed by atoms with Crippen LogP contribution in [0.25, 0.3) is 0 Å². The van der Waals surface area contributed by atoms with Crippen LogP contribution in [0.1, 0.15) is 41.6 Å². The van der Waals surface area contributed by atoms with E-state index >= 15 is 0 Å². The number of fused-ring (bicyclic) bond motifs is 2. The van der Waals surface area contributed by atoms with Crippen molar-refractivity contribution in [3.63, 3.8) is 0 Å². The Morgan fingerprint density at radius 1 is 1.00 bits per heavy atom. The molecular weight excluding hydrogens is 342 g/mol. The van der Waals surface area contributed by atoms with Gasteiger partial charge in [-0.05, 0) is 59.9 Å². The van der Waals surface area contributed by atoms with Gasteiger partial charge in [-0.25, -0.2) is 0 Å². The molecule has 108 valence electrons. The summed E-state index contributed by atoms with van der Waals surface area (Å²) >= 11 is 5.57. The van der Waals surface area contributed by atoms with Crippen molar-refractivity contribution in [3.05, 3.63) is 63.6 Å². The predicted octanol–water partition coefficient (Wildman–Crippen LogP) is 5.26. The van der Waals surface area contributed by atoms with E-state index in [9.17, 15) is 0 Å². The molecule has 2 aromatic carbocycles. The molecule has 0 saturated heterocycles. The van der Waals surface area contributed by atoms with Crippen molar-refractivity contribution in [2.75, 3.05) is 5.75 Å². The standard InChI is InChI=1S/C18H18BrNS/c19-13-6-7-14-12(11-13)5-8-16(14)20-17-9-10-21-18-4-2-1-3-15(17)18/h1-4,6-7,11,16-17,20H,5,8-10H2. The molecule has 0 aromatic heterocycles. The van der Waals surface area contributed by atoms with E-state index in [1.54, 1.807) is 0 Å². The summed E-state index contributed by atoms with van der Waals surface area (Å²) in [5.74, 6) is 1.22. The number of nitrogens with one attached hydrogen (secondary N) is 1. The molecule has 2 aliphatic rings. The molecule has 0 radical (unpaired) electrons. The highest BCUT2D eigenvalue weighted by Crippen LogP contribution is 2.40. The average Bonchev–Trinajstić information content (AvgIpc) is 2.90. The lowest BCUT2D eigenvalue weighted by Crippen LogP contribution is -2.27. The Morgan fingerprint density at radius 2 is 1.86 bits per heavy atom. The van der Waals surface area contributed by atoms with Gasteiger partial charge in [0, 0.05) is 21.5 Å².